The van der Waals surface area contributed by atoms with Crippen molar-refractivity contribution in [2.75, 3.05) is 13.2 Å². The molecule has 0 radical (unpaired) electrons. The molecule has 1 aliphatic heterocycles. The van der Waals surface area contributed by atoms with Crippen molar-refractivity contribution >= 4 is 0 Å². The molecule has 0 amide bonds. The first-order chi connectivity index (χ1) is 8.81. The molecule has 104 valence electrons. The minimum atomic E-state index is 0.108. The van der Waals surface area contributed by atoms with E-state index in [0.717, 1.165) is 25.0 Å². The zero-order valence-corrected chi connectivity index (χ0v) is 11.7. The average molecular weight is 251 g/mol. The predicted octanol–water partition coefficient (Wildman–Crippen LogP) is 3.49. The molecule has 0 aromatic rings. The van der Waals surface area contributed by atoms with Crippen molar-refractivity contribution in [1.29, 1.82) is 0 Å². The first kappa shape index (κ1) is 12.9. The van der Waals surface area contributed by atoms with Gasteiger partial charge in [-0.2, -0.15) is 0 Å². The Morgan fingerprint density at radius 1 is 0.889 bits per heavy atom. The van der Waals surface area contributed by atoms with Gasteiger partial charge in [0.15, 0.2) is 0 Å². The first-order valence-electron chi connectivity index (χ1n) is 8.17. The van der Waals surface area contributed by atoms with Gasteiger partial charge in [0.1, 0.15) is 0 Å². The lowest BCUT2D eigenvalue weighted by Gasteiger charge is -2.49. The molecule has 1 saturated heterocycles. The van der Waals surface area contributed by atoms with Crippen LogP contribution in [0.2, 0.25) is 0 Å². The summed E-state index contributed by atoms with van der Waals surface area (Å²) in [5.74, 6) is 2.35. The molecule has 2 aliphatic carbocycles. The number of hydrogen-bond donors (Lipinski definition) is 1. The molecule has 0 bridgehead atoms. The molecule has 0 aromatic heterocycles. The Morgan fingerprint density at radius 2 is 1.67 bits per heavy atom. The van der Waals surface area contributed by atoms with Gasteiger partial charge in [0.25, 0.3) is 0 Å². The molecule has 18 heavy (non-hydrogen) atoms. The van der Waals surface area contributed by atoms with Crippen molar-refractivity contribution in [2.45, 2.75) is 69.7 Å². The van der Waals surface area contributed by atoms with Gasteiger partial charge in [0.2, 0.25) is 0 Å². The van der Waals surface area contributed by atoms with Crippen LogP contribution < -0.4 is 5.73 Å². The van der Waals surface area contributed by atoms with E-state index < -0.39 is 0 Å². The lowest BCUT2D eigenvalue weighted by Crippen LogP contribution is -2.57. The second-order valence-electron chi connectivity index (χ2n) is 6.92. The Labute approximate surface area is 112 Å². The van der Waals surface area contributed by atoms with Crippen LogP contribution in [0.15, 0.2) is 0 Å². The molecule has 3 rings (SSSR count). The van der Waals surface area contributed by atoms with Crippen LogP contribution in [0.25, 0.3) is 0 Å². The lowest BCUT2D eigenvalue weighted by molar-refractivity contribution is 0.0471. The fourth-order valence-corrected chi connectivity index (χ4v) is 4.93. The Morgan fingerprint density at radius 3 is 2.39 bits per heavy atom. The highest BCUT2D eigenvalue weighted by Crippen LogP contribution is 2.47. The molecule has 0 aromatic carbocycles. The highest BCUT2D eigenvalue weighted by Gasteiger charge is 2.47. The van der Waals surface area contributed by atoms with E-state index in [1.165, 1.54) is 64.2 Å². The van der Waals surface area contributed by atoms with Crippen molar-refractivity contribution in [2.24, 2.45) is 23.5 Å². The maximum absolute atomic E-state index is 6.96. The summed E-state index contributed by atoms with van der Waals surface area (Å²) in [4.78, 5) is 0. The average Bonchev–Trinajstić information content (AvgIpc) is 2.95. The molecule has 2 nitrogen and oxygen atoms in total. The van der Waals surface area contributed by atoms with E-state index in [9.17, 15) is 0 Å². The Bertz CT molecular complexity index is 268. The van der Waals surface area contributed by atoms with Gasteiger partial charge in [-0.3, -0.25) is 0 Å². The fourth-order valence-electron chi connectivity index (χ4n) is 4.93. The van der Waals surface area contributed by atoms with E-state index in [4.69, 9.17) is 10.5 Å². The smallest absolute Gasteiger partial charge is 0.0512 e. The minimum absolute atomic E-state index is 0.108. The van der Waals surface area contributed by atoms with Crippen LogP contribution in [0.3, 0.4) is 0 Å². The van der Waals surface area contributed by atoms with Crippen LogP contribution in [-0.2, 0) is 4.74 Å². The van der Waals surface area contributed by atoms with Crippen LogP contribution >= 0.6 is 0 Å². The van der Waals surface area contributed by atoms with E-state index in [0.29, 0.717) is 5.92 Å². The van der Waals surface area contributed by atoms with Crippen molar-refractivity contribution in [3.63, 3.8) is 0 Å². The van der Waals surface area contributed by atoms with Gasteiger partial charge in [0.05, 0.1) is 6.61 Å². The zero-order valence-electron chi connectivity index (χ0n) is 11.7. The highest BCUT2D eigenvalue weighted by molar-refractivity contribution is 5.02. The van der Waals surface area contributed by atoms with Crippen molar-refractivity contribution in [3.8, 4) is 0 Å². The SMILES string of the molecule is NC1(C2CCOC2)CCCCC1C1CCCCC1. The maximum atomic E-state index is 6.96. The monoisotopic (exact) mass is 251 g/mol. The van der Waals surface area contributed by atoms with Crippen LogP contribution in [0, 0.1) is 17.8 Å². The van der Waals surface area contributed by atoms with E-state index in [1.54, 1.807) is 0 Å². The molecule has 0 spiro atoms. The summed E-state index contributed by atoms with van der Waals surface area (Å²) in [5, 5.41) is 0. The summed E-state index contributed by atoms with van der Waals surface area (Å²) >= 11 is 0. The van der Waals surface area contributed by atoms with Crippen LogP contribution in [0.4, 0.5) is 0 Å². The topological polar surface area (TPSA) is 35.2 Å². The van der Waals surface area contributed by atoms with E-state index in [-0.39, 0.29) is 5.54 Å². The molecule has 2 N–H and O–H groups in total. The molecule has 3 atom stereocenters. The summed E-state index contributed by atoms with van der Waals surface area (Å²) in [7, 11) is 0. The first-order valence-corrected chi connectivity index (χ1v) is 8.17. The normalized spacial score (nSPS) is 43.2. The van der Waals surface area contributed by atoms with Gasteiger partial charge in [-0.05, 0) is 31.1 Å². The molecule has 3 aliphatic rings. The second-order valence-corrected chi connectivity index (χ2v) is 6.92. The summed E-state index contributed by atoms with van der Waals surface area (Å²) in [6.07, 6.45) is 13.8. The number of hydrogen-bond acceptors (Lipinski definition) is 2. The minimum Gasteiger partial charge on any atom is -0.381 e. The van der Waals surface area contributed by atoms with Crippen molar-refractivity contribution in [1.82, 2.24) is 0 Å². The van der Waals surface area contributed by atoms with Gasteiger partial charge in [0, 0.05) is 18.1 Å². The number of ether oxygens (including phenoxy) is 1. The van der Waals surface area contributed by atoms with Gasteiger partial charge in [-0.1, -0.05) is 44.9 Å². The summed E-state index contributed by atoms with van der Waals surface area (Å²) in [6, 6.07) is 0. The molecule has 3 unspecified atom stereocenters. The van der Waals surface area contributed by atoms with Crippen molar-refractivity contribution in [3.05, 3.63) is 0 Å². The lowest BCUT2D eigenvalue weighted by atomic mass is 9.59. The van der Waals surface area contributed by atoms with Gasteiger partial charge >= 0.3 is 0 Å². The Kier molecular flexibility index (Phi) is 3.95. The predicted molar refractivity (Wildman–Crippen MR) is 74.4 cm³/mol. The summed E-state index contributed by atoms with van der Waals surface area (Å²) in [6.45, 7) is 1.88. The van der Waals surface area contributed by atoms with Crippen molar-refractivity contribution < 1.29 is 4.74 Å². The molecule has 2 saturated carbocycles. The third-order valence-corrected chi connectivity index (χ3v) is 5.97. The van der Waals surface area contributed by atoms with E-state index in [1.807, 2.05) is 0 Å². The van der Waals surface area contributed by atoms with Crippen LogP contribution in [-0.4, -0.2) is 18.8 Å². The third-order valence-electron chi connectivity index (χ3n) is 5.97. The quantitative estimate of drug-likeness (QED) is 0.815. The van der Waals surface area contributed by atoms with Crippen LogP contribution in [0.5, 0.6) is 0 Å². The summed E-state index contributed by atoms with van der Waals surface area (Å²) in [5.41, 5.74) is 7.07. The van der Waals surface area contributed by atoms with Gasteiger partial charge < -0.3 is 10.5 Å². The molecular weight excluding hydrogens is 222 g/mol. The van der Waals surface area contributed by atoms with Gasteiger partial charge in [-0.25, -0.2) is 0 Å². The number of nitrogens with two attached hydrogens (primary N) is 1. The highest BCUT2D eigenvalue weighted by atomic mass is 16.5. The third kappa shape index (κ3) is 2.34. The number of rotatable bonds is 2. The summed E-state index contributed by atoms with van der Waals surface area (Å²) < 4.78 is 5.63. The van der Waals surface area contributed by atoms with E-state index >= 15 is 0 Å². The molecule has 3 fully saturated rings. The van der Waals surface area contributed by atoms with E-state index in [2.05, 4.69) is 0 Å². The molecule has 2 heteroatoms. The standard InChI is InChI=1S/C16H29NO/c17-16(14-9-11-18-12-14)10-5-4-8-15(16)13-6-2-1-3-7-13/h13-15H,1-12,17H2. The van der Waals surface area contributed by atoms with Gasteiger partial charge in [-0.15, -0.1) is 0 Å². The largest absolute Gasteiger partial charge is 0.381 e. The van der Waals surface area contributed by atoms with Crippen LogP contribution in [0.1, 0.15) is 64.2 Å². The Hall–Kier alpha value is -0.0800. The zero-order chi connectivity index (χ0) is 12.4. The second kappa shape index (κ2) is 5.50. The molecule has 1 heterocycles. The molecular formula is C16H29NO. The fraction of sp³-hybridized carbons (Fsp3) is 1.00. The Balaban J connectivity index is 1.75. The maximum Gasteiger partial charge on any atom is 0.0512 e.